The van der Waals surface area contributed by atoms with Gasteiger partial charge in [-0.3, -0.25) is 4.79 Å². The minimum atomic E-state index is -4.83. The average molecular weight is 336 g/mol. The zero-order valence-electron chi connectivity index (χ0n) is 12.1. The van der Waals surface area contributed by atoms with Gasteiger partial charge in [-0.05, 0) is 41.4 Å². The lowest BCUT2D eigenvalue weighted by molar-refractivity contribution is -0.274. The van der Waals surface area contributed by atoms with E-state index in [-0.39, 0.29) is 12.1 Å². The Morgan fingerprint density at radius 1 is 1.21 bits per heavy atom. The highest BCUT2D eigenvalue weighted by atomic mass is 19.4. The first-order chi connectivity index (χ1) is 11.4. The minimum absolute atomic E-state index is 0.0113. The topological polar surface area (TPSA) is 87.1 Å². The lowest BCUT2D eigenvalue weighted by Gasteiger charge is -2.10. The molecule has 0 aliphatic rings. The number of ether oxygens (including phenoxy) is 1. The molecule has 2 aromatic carbocycles. The first-order valence-electron chi connectivity index (χ1n) is 6.64. The number of nitrogens with zero attached hydrogens (tertiary/aromatic N) is 3. The lowest BCUT2D eigenvalue weighted by Crippen LogP contribution is -2.18. The largest absolute Gasteiger partial charge is 0.573 e. The Bertz CT molecular complexity index is 786. The van der Waals surface area contributed by atoms with Gasteiger partial charge >= 0.3 is 6.36 Å². The van der Waals surface area contributed by atoms with Crippen LogP contribution in [0.2, 0.25) is 0 Å². The van der Waals surface area contributed by atoms with Gasteiger partial charge in [-0.25, -0.2) is 0 Å². The van der Waals surface area contributed by atoms with Crippen molar-refractivity contribution in [2.24, 2.45) is 5.11 Å². The van der Waals surface area contributed by atoms with Crippen LogP contribution < -0.4 is 10.1 Å². The van der Waals surface area contributed by atoms with Gasteiger partial charge in [0, 0.05) is 16.2 Å². The van der Waals surface area contributed by atoms with Crippen molar-refractivity contribution in [3.8, 4) is 5.75 Å². The van der Waals surface area contributed by atoms with Crippen LogP contribution in [-0.2, 0) is 6.54 Å². The molecule has 2 rings (SSSR count). The summed E-state index contributed by atoms with van der Waals surface area (Å²) in [5, 5.41) is 5.97. The van der Waals surface area contributed by atoms with Gasteiger partial charge in [-0.1, -0.05) is 23.3 Å². The Labute approximate surface area is 134 Å². The Morgan fingerprint density at radius 3 is 2.67 bits per heavy atom. The second-order valence-corrected chi connectivity index (χ2v) is 4.62. The third-order valence-electron chi connectivity index (χ3n) is 2.83. The number of carbonyl (C=O) groups excluding carboxylic acids is 1. The molecule has 0 radical (unpaired) electrons. The number of nitrogens with one attached hydrogen (secondary N) is 1. The molecule has 9 heteroatoms. The van der Waals surface area contributed by atoms with Crippen LogP contribution in [-0.4, -0.2) is 12.3 Å². The normalized spacial score (nSPS) is 10.6. The number of halogens is 3. The van der Waals surface area contributed by atoms with Crippen molar-refractivity contribution < 1.29 is 22.7 Å². The van der Waals surface area contributed by atoms with Crippen LogP contribution in [0.1, 0.15) is 15.9 Å². The number of carbonyl (C=O) groups is 1. The molecule has 0 fully saturated rings. The van der Waals surface area contributed by atoms with Gasteiger partial charge in [-0.15, -0.1) is 13.2 Å². The summed E-state index contributed by atoms with van der Waals surface area (Å²) < 4.78 is 40.4. The van der Waals surface area contributed by atoms with E-state index in [9.17, 15) is 18.0 Å². The van der Waals surface area contributed by atoms with E-state index in [2.05, 4.69) is 20.1 Å². The number of rotatable bonds is 5. The zero-order chi connectivity index (χ0) is 17.6. The molecule has 0 saturated heterocycles. The van der Waals surface area contributed by atoms with Gasteiger partial charge < -0.3 is 10.1 Å². The fourth-order valence-corrected chi connectivity index (χ4v) is 1.90. The minimum Gasteiger partial charge on any atom is -0.406 e. The number of hydrogen-bond acceptors (Lipinski definition) is 3. The van der Waals surface area contributed by atoms with E-state index in [4.69, 9.17) is 5.53 Å². The molecule has 0 bridgehead atoms. The molecule has 0 aliphatic heterocycles. The van der Waals surface area contributed by atoms with Gasteiger partial charge in [0.2, 0.25) is 0 Å². The lowest BCUT2D eigenvalue weighted by atomic mass is 10.1. The number of azide groups is 1. The van der Waals surface area contributed by atoms with Crippen molar-refractivity contribution in [1.82, 2.24) is 0 Å². The van der Waals surface area contributed by atoms with Crippen molar-refractivity contribution in [2.45, 2.75) is 12.9 Å². The molecule has 124 valence electrons. The maximum Gasteiger partial charge on any atom is 0.573 e. The number of amides is 1. The van der Waals surface area contributed by atoms with Crippen LogP contribution >= 0.6 is 0 Å². The Hall–Kier alpha value is -3.19. The summed E-state index contributed by atoms with van der Waals surface area (Å²) in [4.78, 5) is 14.8. The first-order valence-corrected chi connectivity index (χ1v) is 6.64. The summed E-state index contributed by atoms with van der Waals surface area (Å²) in [6, 6.07) is 11.3. The third-order valence-corrected chi connectivity index (χ3v) is 2.83. The molecule has 0 aliphatic carbocycles. The SMILES string of the molecule is [N-]=[N+]=NCc1cccc(NC(=O)c2cccc(OC(F)(F)F)c2)c1. The third kappa shape index (κ3) is 5.22. The molecule has 0 saturated carbocycles. The average Bonchev–Trinajstić information content (AvgIpc) is 2.52. The van der Waals surface area contributed by atoms with Crippen molar-refractivity contribution in [3.05, 3.63) is 70.1 Å². The fourth-order valence-electron chi connectivity index (χ4n) is 1.90. The molecule has 0 atom stereocenters. The number of anilines is 1. The Balaban J connectivity index is 2.12. The summed E-state index contributed by atoms with van der Waals surface area (Å²) in [6.07, 6.45) is -4.83. The van der Waals surface area contributed by atoms with E-state index in [0.29, 0.717) is 11.3 Å². The molecule has 1 N–H and O–H groups in total. The predicted octanol–water partition coefficient (Wildman–Crippen LogP) is 4.65. The van der Waals surface area contributed by atoms with Crippen LogP contribution in [0.15, 0.2) is 53.6 Å². The summed E-state index contributed by atoms with van der Waals surface area (Å²) >= 11 is 0. The van der Waals surface area contributed by atoms with Crippen LogP contribution in [0, 0.1) is 0 Å². The predicted molar refractivity (Wildman–Crippen MR) is 80.4 cm³/mol. The second-order valence-electron chi connectivity index (χ2n) is 4.62. The molecule has 2 aromatic rings. The van der Waals surface area contributed by atoms with Gasteiger partial charge in [0.05, 0.1) is 6.54 Å². The van der Waals surface area contributed by atoms with Crippen molar-refractivity contribution in [1.29, 1.82) is 0 Å². The molecule has 0 aromatic heterocycles. The van der Waals surface area contributed by atoms with E-state index in [1.54, 1.807) is 24.3 Å². The van der Waals surface area contributed by atoms with Crippen LogP contribution in [0.3, 0.4) is 0 Å². The van der Waals surface area contributed by atoms with E-state index in [0.717, 1.165) is 12.1 Å². The Morgan fingerprint density at radius 2 is 1.96 bits per heavy atom. The molecule has 0 heterocycles. The molecule has 6 nitrogen and oxygen atoms in total. The maximum atomic E-state index is 12.2. The van der Waals surface area contributed by atoms with Gasteiger partial charge in [0.15, 0.2) is 0 Å². The van der Waals surface area contributed by atoms with E-state index < -0.39 is 18.0 Å². The van der Waals surface area contributed by atoms with E-state index >= 15 is 0 Å². The van der Waals surface area contributed by atoms with Crippen LogP contribution in [0.4, 0.5) is 18.9 Å². The van der Waals surface area contributed by atoms with Gasteiger partial charge in [0.1, 0.15) is 5.75 Å². The number of benzene rings is 2. The fraction of sp³-hybridized carbons (Fsp3) is 0.133. The van der Waals surface area contributed by atoms with Crippen LogP contribution in [0.25, 0.3) is 10.4 Å². The molecular weight excluding hydrogens is 325 g/mol. The van der Waals surface area contributed by atoms with E-state index in [1.165, 1.54) is 12.1 Å². The monoisotopic (exact) mass is 336 g/mol. The molecule has 24 heavy (non-hydrogen) atoms. The van der Waals surface area contributed by atoms with E-state index in [1.807, 2.05) is 0 Å². The standard InChI is InChI=1S/C15H11F3N4O2/c16-15(17,18)24-13-6-2-4-11(8-13)14(23)21-12-5-1-3-10(7-12)9-20-22-19/h1-8H,9H2,(H,21,23). The van der Waals surface area contributed by atoms with Gasteiger partial charge in [-0.2, -0.15) is 0 Å². The summed E-state index contributed by atoms with van der Waals surface area (Å²) in [7, 11) is 0. The second kappa shape index (κ2) is 7.38. The highest BCUT2D eigenvalue weighted by Gasteiger charge is 2.31. The van der Waals surface area contributed by atoms with Crippen LogP contribution in [0.5, 0.6) is 5.75 Å². The quantitative estimate of drug-likeness (QED) is 0.489. The highest BCUT2D eigenvalue weighted by Crippen LogP contribution is 2.23. The van der Waals surface area contributed by atoms with Gasteiger partial charge in [0.25, 0.3) is 5.91 Å². The van der Waals surface area contributed by atoms with Crippen molar-refractivity contribution in [3.63, 3.8) is 0 Å². The summed E-state index contributed by atoms with van der Waals surface area (Å²) in [5.74, 6) is -1.07. The summed E-state index contributed by atoms with van der Waals surface area (Å²) in [6.45, 7) is 0.120. The number of hydrogen-bond donors (Lipinski definition) is 1. The molecule has 0 spiro atoms. The molecule has 1 amide bonds. The van der Waals surface area contributed by atoms with Crippen molar-refractivity contribution in [2.75, 3.05) is 5.32 Å². The number of alkyl halides is 3. The Kier molecular flexibility index (Phi) is 5.28. The maximum absolute atomic E-state index is 12.2. The molecular formula is C15H11F3N4O2. The smallest absolute Gasteiger partial charge is 0.406 e. The van der Waals surface area contributed by atoms with Crippen molar-refractivity contribution >= 4 is 11.6 Å². The highest BCUT2D eigenvalue weighted by molar-refractivity contribution is 6.04. The summed E-state index contributed by atoms with van der Waals surface area (Å²) in [5.41, 5.74) is 9.41. The first kappa shape index (κ1) is 17.2. The molecule has 0 unspecified atom stereocenters. The zero-order valence-corrected chi connectivity index (χ0v) is 12.1.